The van der Waals surface area contributed by atoms with Gasteiger partial charge in [-0.2, -0.15) is 0 Å². The summed E-state index contributed by atoms with van der Waals surface area (Å²) >= 11 is 2.27. The number of benzene rings is 2. The third-order valence-corrected chi connectivity index (χ3v) is 3.81. The highest BCUT2D eigenvalue weighted by atomic mass is 127. The molecule has 3 heteroatoms. The number of ether oxygens (including phenoxy) is 1. The number of hydrogen-bond donors (Lipinski definition) is 1. The van der Waals surface area contributed by atoms with Crippen LogP contribution in [0.4, 0.5) is 0 Å². The lowest BCUT2D eigenvalue weighted by Crippen LogP contribution is -2.22. The minimum atomic E-state index is -0.549. The predicted octanol–water partition coefficient (Wildman–Crippen LogP) is 3.58. The lowest BCUT2D eigenvalue weighted by atomic mass is 9.98. The normalized spacial score (nSPS) is 14.1. The summed E-state index contributed by atoms with van der Waals surface area (Å²) in [5.74, 6) is 0. The molecule has 0 fully saturated rings. The lowest BCUT2D eigenvalue weighted by molar-refractivity contribution is -0.0128. The molecule has 0 bridgehead atoms. The van der Waals surface area contributed by atoms with Gasteiger partial charge in [-0.15, -0.1) is 0 Å². The van der Waals surface area contributed by atoms with Crippen molar-refractivity contribution in [1.29, 1.82) is 0 Å². The van der Waals surface area contributed by atoms with Gasteiger partial charge in [0, 0.05) is 17.1 Å². The predicted molar refractivity (Wildman–Crippen MR) is 85.1 cm³/mol. The van der Waals surface area contributed by atoms with E-state index in [1.165, 1.54) is 3.57 Å². The van der Waals surface area contributed by atoms with E-state index in [0.29, 0.717) is 6.42 Å². The molecule has 2 unspecified atom stereocenters. The monoisotopic (exact) mass is 368 g/mol. The summed E-state index contributed by atoms with van der Waals surface area (Å²) in [4.78, 5) is 0. The molecule has 0 aliphatic rings. The zero-order valence-electron chi connectivity index (χ0n) is 10.8. The van der Waals surface area contributed by atoms with Gasteiger partial charge < -0.3 is 9.84 Å². The van der Waals surface area contributed by atoms with Crippen molar-refractivity contribution < 1.29 is 9.84 Å². The highest BCUT2D eigenvalue weighted by Crippen LogP contribution is 2.23. The van der Waals surface area contributed by atoms with E-state index in [1.807, 2.05) is 54.6 Å². The molecule has 0 spiro atoms. The maximum absolute atomic E-state index is 10.4. The Labute approximate surface area is 127 Å². The Kier molecular flexibility index (Phi) is 5.36. The molecule has 0 aliphatic carbocycles. The van der Waals surface area contributed by atoms with Crippen molar-refractivity contribution in [2.45, 2.75) is 18.6 Å². The molecule has 0 aliphatic heterocycles. The SMILES string of the molecule is COC(c1ccccc1)C(O)Cc1ccc(I)cc1. The van der Waals surface area contributed by atoms with Crippen LogP contribution in [-0.2, 0) is 11.2 Å². The molecule has 19 heavy (non-hydrogen) atoms. The Hall–Kier alpha value is -0.910. The fraction of sp³-hybridized carbons (Fsp3) is 0.250. The minimum absolute atomic E-state index is 0.291. The van der Waals surface area contributed by atoms with E-state index in [9.17, 15) is 5.11 Å². The molecule has 1 N–H and O–H groups in total. The Morgan fingerprint density at radius 1 is 1.05 bits per heavy atom. The van der Waals surface area contributed by atoms with Gasteiger partial charge in [0.1, 0.15) is 6.10 Å². The van der Waals surface area contributed by atoms with Gasteiger partial charge in [-0.05, 0) is 45.9 Å². The lowest BCUT2D eigenvalue weighted by Gasteiger charge is -2.22. The topological polar surface area (TPSA) is 29.5 Å². The molecule has 0 radical (unpaired) electrons. The van der Waals surface area contributed by atoms with Crippen molar-refractivity contribution >= 4 is 22.6 Å². The Bertz CT molecular complexity index is 496. The Morgan fingerprint density at radius 3 is 2.26 bits per heavy atom. The van der Waals surface area contributed by atoms with Crippen molar-refractivity contribution in [2.75, 3.05) is 7.11 Å². The number of rotatable bonds is 5. The van der Waals surface area contributed by atoms with E-state index in [-0.39, 0.29) is 6.10 Å². The highest BCUT2D eigenvalue weighted by molar-refractivity contribution is 14.1. The van der Waals surface area contributed by atoms with E-state index in [0.717, 1.165) is 11.1 Å². The van der Waals surface area contributed by atoms with Crippen molar-refractivity contribution in [3.05, 3.63) is 69.3 Å². The first kappa shape index (κ1) is 14.5. The fourth-order valence-electron chi connectivity index (χ4n) is 2.13. The summed E-state index contributed by atoms with van der Waals surface area (Å²) in [5, 5.41) is 10.4. The van der Waals surface area contributed by atoms with Gasteiger partial charge in [-0.1, -0.05) is 42.5 Å². The van der Waals surface area contributed by atoms with E-state index >= 15 is 0 Å². The summed E-state index contributed by atoms with van der Waals surface area (Å²) in [7, 11) is 1.63. The van der Waals surface area contributed by atoms with Crippen molar-refractivity contribution in [2.24, 2.45) is 0 Å². The first-order valence-corrected chi connectivity index (χ1v) is 7.29. The first-order chi connectivity index (χ1) is 9.20. The summed E-state index contributed by atoms with van der Waals surface area (Å²) in [5.41, 5.74) is 2.12. The summed E-state index contributed by atoms with van der Waals surface area (Å²) < 4.78 is 6.64. The molecule has 100 valence electrons. The molecule has 0 saturated carbocycles. The van der Waals surface area contributed by atoms with Gasteiger partial charge in [-0.3, -0.25) is 0 Å². The maximum Gasteiger partial charge on any atom is 0.108 e. The fourth-order valence-corrected chi connectivity index (χ4v) is 2.49. The van der Waals surface area contributed by atoms with Gasteiger partial charge in [0.05, 0.1) is 6.10 Å². The highest BCUT2D eigenvalue weighted by Gasteiger charge is 2.20. The van der Waals surface area contributed by atoms with Gasteiger partial charge in [0.2, 0.25) is 0 Å². The van der Waals surface area contributed by atoms with Crippen LogP contribution < -0.4 is 0 Å². The van der Waals surface area contributed by atoms with E-state index in [4.69, 9.17) is 4.74 Å². The zero-order valence-corrected chi connectivity index (χ0v) is 12.9. The maximum atomic E-state index is 10.4. The summed E-state index contributed by atoms with van der Waals surface area (Å²) in [6.45, 7) is 0. The summed E-state index contributed by atoms with van der Waals surface area (Å²) in [6.07, 6.45) is -0.252. The van der Waals surface area contributed by atoms with Crippen LogP contribution in [0.1, 0.15) is 17.2 Å². The van der Waals surface area contributed by atoms with Gasteiger partial charge in [0.25, 0.3) is 0 Å². The number of hydrogen-bond acceptors (Lipinski definition) is 2. The van der Waals surface area contributed by atoms with E-state index in [2.05, 4.69) is 22.6 Å². The number of halogens is 1. The first-order valence-electron chi connectivity index (χ1n) is 6.21. The van der Waals surface area contributed by atoms with Crippen LogP contribution in [0.25, 0.3) is 0 Å². The van der Waals surface area contributed by atoms with Gasteiger partial charge in [0.15, 0.2) is 0 Å². The third-order valence-electron chi connectivity index (χ3n) is 3.09. The van der Waals surface area contributed by atoms with Crippen LogP contribution in [0, 0.1) is 3.57 Å². The second-order valence-electron chi connectivity index (χ2n) is 4.46. The molecule has 2 nitrogen and oxygen atoms in total. The Balaban J connectivity index is 2.09. The van der Waals surface area contributed by atoms with Crippen LogP contribution in [0.5, 0.6) is 0 Å². The van der Waals surface area contributed by atoms with E-state index < -0.39 is 6.10 Å². The van der Waals surface area contributed by atoms with Gasteiger partial charge >= 0.3 is 0 Å². The van der Waals surface area contributed by atoms with Crippen molar-refractivity contribution in [1.82, 2.24) is 0 Å². The second kappa shape index (κ2) is 7.03. The van der Waals surface area contributed by atoms with Crippen LogP contribution in [0.2, 0.25) is 0 Å². The second-order valence-corrected chi connectivity index (χ2v) is 5.71. The molecule has 0 amide bonds. The van der Waals surface area contributed by atoms with Crippen molar-refractivity contribution in [3.63, 3.8) is 0 Å². The molecular formula is C16H17IO2. The van der Waals surface area contributed by atoms with E-state index in [1.54, 1.807) is 7.11 Å². The third kappa shape index (κ3) is 4.03. The minimum Gasteiger partial charge on any atom is -0.390 e. The average Bonchev–Trinajstić information content (AvgIpc) is 2.43. The van der Waals surface area contributed by atoms with Crippen LogP contribution in [-0.4, -0.2) is 18.3 Å². The molecule has 2 atom stereocenters. The van der Waals surface area contributed by atoms with Crippen LogP contribution in [0.3, 0.4) is 0 Å². The van der Waals surface area contributed by atoms with Crippen LogP contribution >= 0.6 is 22.6 Å². The van der Waals surface area contributed by atoms with Crippen LogP contribution in [0.15, 0.2) is 54.6 Å². The average molecular weight is 368 g/mol. The quantitative estimate of drug-likeness (QED) is 0.818. The van der Waals surface area contributed by atoms with Crippen molar-refractivity contribution in [3.8, 4) is 0 Å². The molecule has 2 aromatic carbocycles. The Morgan fingerprint density at radius 2 is 1.68 bits per heavy atom. The molecule has 0 saturated heterocycles. The zero-order chi connectivity index (χ0) is 13.7. The molecule has 2 aromatic rings. The smallest absolute Gasteiger partial charge is 0.108 e. The molecule has 2 rings (SSSR count). The number of methoxy groups -OCH3 is 1. The molecule has 0 heterocycles. The largest absolute Gasteiger partial charge is 0.390 e. The standard InChI is InChI=1S/C16H17IO2/c1-19-16(13-5-3-2-4-6-13)15(18)11-12-7-9-14(17)10-8-12/h2-10,15-16,18H,11H2,1H3. The number of aliphatic hydroxyl groups is 1. The molecular weight excluding hydrogens is 351 g/mol. The summed E-state index contributed by atoms with van der Waals surface area (Å²) in [6, 6.07) is 18.0. The number of aliphatic hydroxyl groups excluding tert-OH is 1. The molecule has 0 aromatic heterocycles. The van der Waals surface area contributed by atoms with Gasteiger partial charge in [-0.25, -0.2) is 0 Å².